The fourth-order valence-electron chi connectivity index (χ4n) is 2.90. The lowest BCUT2D eigenvalue weighted by atomic mass is 10.0. The van der Waals surface area contributed by atoms with Crippen LogP contribution >= 0.6 is 24.0 Å². The maximum atomic E-state index is 12.3. The van der Waals surface area contributed by atoms with E-state index >= 15 is 0 Å². The molecular weight excluding hydrogens is 347 g/mol. The topological polar surface area (TPSA) is 59.0 Å². The van der Waals surface area contributed by atoms with Crippen molar-refractivity contribution < 1.29 is 4.79 Å². The maximum Gasteiger partial charge on any atom is 0.254 e. The second-order valence-electron chi connectivity index (χ2n) is 6.07. The van der Waals surface area contributed by atoms with Crippen LogP contribution in [0.25, 0.3) is 0 Å². The van der Waals surface area contributed by atoms with E-state index in [-0.39, 0.29) is 24.4 Å². The van der Waals surface area contributed by atoms with Gasteiger partial charge in [-0.1, -0.05) is 29.8 Å². The largest absolute Gasteiger partial charge is 0.349 e. The Morgan fingerprint density at radius 3 is 3.00 bits per heavy atom. The molecule has 5 nitrogen and oxygen atoms in total. The summed E-state index contributed by atoms with van der Waals surface area (Å²) >= 11 is 6.16. The Hall–Kier alpha value is -1.56. The van der Waals surface area contributed by atoms with Crippen LogP contribution in [0, 0.1) is 0 Å². The Kier molecular flexibility index (Phi) is 6.66. The van der Waals surface area contributed by atoms with Crippen molar-refractivity contribution in [3.8, 4) is 0 Å². The lowest BCUT2D eigenvalue weighted by Gasteiger charge is -2.28. The first-order valence-electron chi connectivity index (χ1n) is 7.92. The van der Waals surface area contributed by atoms with Crippen LogP contribution in [-0.2, 0) is 6.54 Å². The SMILES string of the molecule is CC1CC(NC(=O)c2cnn(Cc3ccccc3Cl)c2)CCN1.Cl. The molecule has 1 saturated heterocycles. The molecule has 0 aliphatic carbocycles. The predicted molar refractivity (Wildman–Crippen MR) is 98.0 cm³/mol. The number of benzene rings is 1. The van der Waals surface area contributed by atoms with Crippen LogP contribution in [0.4, 0.5) is 0 Å². The Labute approximate surface area is 153 Å². The lowest BCUT2D eigenvalue weighted by molar-refractivity contribution is 0.0925. The van der Waals surface area contributed by atoms with E-state index in [1.165, 1.54) is 0 Å². The van der Waals surface area contributed by atoms with E-state index in [1.807, 2.05) is 24.3 Å². The highest BCUT2D eigenvalue weighted by atomic mass is 35.5. The van der Waals surface area contributed by atoms with Gasteiger partial charge in [-0.15, -0.1) is 12.4 Å². The van der Waals surface area contributed by atoms with E-state index < -0.39 is 0 Å². The van der Waals surface area contributed by atoms with Crippen molar-refractivity contribution in [3.63, 3.8) is 0 Å². The number of carbonyl (C=O) groups excluding carboxylic acids is 1. The first kappa shape index (κ1) is 18.8. The van der Waals surface area contributed by atoms with E-state index in [9.17, 15) is 4.79 Å². The van der Waals surface area contributed by atoms with Crippen LogP contribution in [0.5, 0.6) is 0 Å². The van der Waals surface area contributed by atoms with Gasteiger partial charge in [0.05, 0.1) is 18.3 Å². The first-order chi connectivity index (χ1) is 11.1. The van der Waals surface area contributed by atoms with Crippen LogP contribution in [0.2, 0.25) is 5.02 Å². The summed E-state index contributed by atoms with van der Waals surface area (Å²) in [5.41, 5.74) is 1.57. The van der Waals surface area contributed by atoms with Crippen LogP contribution in [-0.4, -0.2) is 34.3 Å². The third-order valence-electron chi connectivity index (χ3n) is 4.14. The van der Waals surface area contributed by atoms with Gasteiger partial charge in [-0.2, -0.15) is 5.10 Å². The normalized spacial score (nSPS) is 20.2. The molecule has 1 aliphatic rings. The molecule has 1 amide bonds. The minimum atomic E-state index is -0.0606. The van der Waals surface area contributed by atoms with Gasteiger partial charge in [0.2, 0.25) is 0 Å². The summed E-state index contributed by atoms with van der Waals surface area (Å²) in [6, 6.07) is 8.32. The third-order valence-corrected chi connectivity index (χ3v) is 4.51. The second kappa shape index (κ2) is 8.51. The smallest absolute Gasteiger partial charge is 0.254 e. The molecule has 2 N–H and O–H groups in total. The number of nitrogens with zero attached hydrogens (tertiary/aromatic N) is 2. The van der Waals surface area contributed by atoms with E-state index in [1.54, 1.807) is 17.1 Å². The molecule has 2 unspecified atom stereocenters. The molecule has 2 heterocycles. The van der Waals surface area contributed by atoms with Crippen LogP contribution < -0.4 is 10.6 Å². The van der Waals surface area contributed by atoms with Gasteiger partial charge in [-0.25, -0.2) is 0 Å². The number of aromatic nitrogens is 2. The highest BCUT2D eigenvalue weighted by Gasteiger charge is 2.21. The zero-order valence-corrected chi connectivity index (χ0v) is 15.1. The summed E-state index contributed by atoms with van der Waals surface area (Å²) in [6.07, 6.45) is 5.29. The molecule has 0 bridgehead atoms. The van der Waals surface area contributed by atoms with Gasteiger partial charge in [0.1, 0.15) is 0 Å². The summed E-state index contributed by atoms with van der Waals surface area (Å²) in [7, 11) is 0. The average molecular weight is 369 g/mol. The highest BCUT2D eigenvalue weighted by molar-refractivity contribution is 6.31. The van der Waals surface area contributed by atoms with Crippen molar-refractivity contribution in [2.24, 2.45) is 0 Å². The van der Waals surface area contributed by atoms with Crippen molar-refractivity contribution in [1.82, 2.24) is 20.4 Å². The number of hydrogen-bond donors (Lipinski definition) is 2. The van der Waals surface area contributed by atoms with E-state index in [4.69, 9.17) is 11.6 Å². The van der Waals surface area contributed by atoms with E-state index in [0.717, 1.165) is 24.9 Å². The van der Waals surface area contributed by atoms with Gasteiger partial charge in [0.25, 0.3) is 5.91 Å². The van der Waals surface area contributed by atoms with Gasteiger partial charge in [-0.3, -0.25) is 9.48 Å². The fourth-order valence-corrected chi connectivity index (χ4v) is 3.10. The monoisotopic (exact) mass is 368 g/mol. The molecule has 7 heteroatoms. The molecule has 0 radical (unpaired) electrons. The minimum Gasteiger partial charge on any atom is -0.349 e. The van der Waals surface area contributed by atoms with Crippen molar-refractivity contribution >= 4 is 29.9 Å². The van der Waals surface area contributed by atoms with E-state index in [0.29, 0.717) is 23.2 Å². The molecule has 0 saturated carbocycles. The second-order valence-corrected chi connectivity index (χ2v) is 6.48. The summed E-state index contributed by atoms with van der Waals surface area (Å²) in [6.45, 7) is 3.63. The number of carbonyl (C=O) groups is 1. The molecule has 0 spiro atoms. The summed E-state index contributed by atoms with van der Waals surface area (Å²) in [5.74, 6) is -0.0606. The zero-order valence-electron chi connectivity index (χ0n) is 13.5. The Morgan fingerprint density at radius 1 is 1.46 bits per heavy atom. The van der Waals surface area contributed by atoms with Gasteiger partial charge < -0.3 is 10.6 Å². The summed E-state index contributed by atoms with van der Waals surface area (Å²) < 4.78 is 1.74. The maximum absolute atomic E-state index is 12.3. The van der Waals surface area contributed by atoms with Gasteiger partial charge in [0.15, 0.2) is 0 Å². The van der Waals surface area contributed by atoms with Crippen LogP contribution in [0.15, 0.2) is 36.7 Å². The molecule has 2 aromatic rings. The predicted octanol–water partition coefficient (Wildman–Crippen LogP) is 2.88. The summed E-state index contributed by atoms with van der Waals surface area (Å²) in [5, 5.41) is 11.4. The van der Waals surface area contributed by atoms with Gasteiger partial charge >= 0.3 is 0 Å². The standard InChI is InChI=1S/C17H21ClN4O.ClH/c1-12-8-15(6-7-19-12)21-17(23)14-9-20-22(11-14)10-13-4-2-3-5-16(13)18;/h2-5,9,11-12,15,19H,6-8,10H2,1H3,(H,21,23);1H. The molecule has 1 fully saturated rings. The Bertz CT molecular complexity index is 689. The molecular formula is C17H22Cl2N4O. The Balaban J connectivity index is 0.00000208. The number of rotatable bonds is 4. The third kappa shape index (κ3) is 4.72. The number of halogens is 2. The van der Waals surface area contributed by atoms with Crippen molar-refractivity contribution in [3.05, 3.63) is 52.8 Å². The van der Waals surface area contributed by atoms with E-state index in [2.05, 4.69) is 22.7 Å². The first-order valence-corrected chi connectivity index (χ1v) is 8.29. The van der Waals surface area contributed by atoms with Crippen LogP contribution in [0.3, 0.4) is 0 Å². The van der Waals surface area contributed by atoms with Gasteiger partial charge in [0, 0.05) is 23.3 Å². The number of hydrogen-bond acceptors (Lipinski definition) is 3. The fraction of sp³-hybridized carbons (Fsp3) is 0.412. The number of nitrogens with one attached hydrogen (secondary N) is 2. The minimum absolute atomic E-state index is 0. The number of amides is 1. The number of piperidine rings is 1. The molecule has 1 aromatic carbocycles. The molecule has 2 atom stereocenters. The highest BCUT2D eigenvalue weighted by Crippen LogP contribution is 2.16. The van der Waals surface area contributed by atoms with Crippen molar-refractivity contribution in [2.75, 3.05) is 6.54 Å². The molecule has 1 aliphatic heterocycles. The Morgan fingerprint density at radius 2 is 2.25 bits per heavy atom. The molecule has 24 heavy (non-hydrogen) atoms. The molecule has 1 aromatic heterocycles. The lowest BCUT2D eigenvalue weighted by Crippen LogP contribution is -2.46. The molecule has 3 rings (SSSR count). The van der Waals surface area contributed by atoms with Gasteiger partial charge in [-0.05, 0) is 37.9 Å². The quantitative estimate of drug-likeness (QED) is 0.871. The van der Waals surface area contributed by atoms with Crippen molar-refractivity contribution in [1.29, 1.82) is 0 Å². The zero-order chi connectivity index (χ0) is 16.2. The average Bonchev–Trinajstić information content (AvgIpc) is 2.98. The molecule has 130 valence electrons. The summed E-state index contributed by atoms with van der Waals surface area (Å²) in [4.78, 5) is 12.3. The van der Waals surface area contributed by atoms with Crippen molar-refractivity contribution in [2.45, 2.75) is 38.4 Å². The van der Waals surface area contributed by atoms with Crippen LogP contribution in [0.1, 0.15) is 35.7 Å².